The molecule has 0 unspecified atom stereocenters. The van der Waals surface area contributed by atoms with Gasteiger partial charge in [0.15, 0.2) is 6.10 Å². The van der Waals surface area contributed by atoms with Crippen LogP contribution in [0.1, 0.15) is 23.0 Å². The van der Waals surface area contributed by atoms with Crippen molar-refractivity contribution in [2.24, 2.45) is 7.05 Å². The Morgan fingerprint density at radius 2 is 1.74 bits per heavy atom. The molecule has 8 nitrogen and oxygen atoms in total. The second-order valence-corrected chi connectivity index (χ2v) is 7.42. The zero-order valence-corrected chi connectivity index (χ0v) is 18.2. The molecule has 0 bridgehead atoms. The lowest BCUT2D eigenvalue weighted by atomic mass is 10.2. The zero-order valence-electron chi connectivity index (χ0n) is 18.2. The number of esters is 1. The molecule has 0 aliphatic rings. The van der Waals surface area contributed by atoms with Crippen molar-refractivity contribution < 1.29 is 14.3 Å². The van der Waals surface area contributed by atoms with Crippen LogP contribution in [-0.2, 0) is 16.6 Å². The number of nitrogens with one attached hydrogen (secondary N) is 1. The third-order valence-corrected chi connectivity index (χ3v) is 5.05. The number of nitrogens with zero attached hydrogens (tertiary/aromatic N) is 3. The lowest BCUT2D eigenvalue weighted by molar-refractivity contribution is -0.123. The van der Waals surface area contributed by atoms with Crippen LogP contribution in [0.25, 0.3) is 5.69 Å². The van der Waals surface area contributed by atoms with Crippen LogP contribution in [0.15, 0.2) is 59.4 Å². The number of hydrogen-bond donors (Lipinski definition) is 1. The summed E-state index contributed by atoms with van der Waals surface area (Å²) in [5, 5.41) is 2.62. The van der Waals surface area contributed by atoms with Crippen LogP contribution in [-0.4, -0.2) is 41.4 Å². The van der Waals surface area contributed by atoms with E-state index < -0.39 is 18.0 Å². The van der Waals surface area contributed by atoms with Crippen molar-refractivity contribution in [2.75, 3.05) is 24.3 Å². The van der Waals surface area contributed by atoms with Crippen LogP contribution < -0.4 is 15.8 Å². The van der Waals surface area contributed by atoms with Gasteiger partial charge in [-0.1, -0.05) is 24.3 Å². The average molecular weight is 422 g/mol. The number of anilines is 2. The molecule has 3 rings (SSSR count). The van der Waals surface area contributed by atoms with Gasteiger partial charge in [0.25, 0.3) is 11.5 Å². The maximum absolute atomic E-state index is 12.9. The Labute approximate surface area is 180 Å². The summed E-state index contributed by atoms with van der Waals surface area (Å²) in [5.41, 5.74) is 2.23. The summed E-state index contributed by atoms with van der Waals surface area (Å²) in [5.74, 6) is -1.19. The fraction of sp³-hybridized carbons (Fsp3) is 0.261. The van der Waals surface area contributed by atoms with E-state index >= 15 is 0 Å². The largest absolute Gasteiger partial charge is 0.449 e. The SMILES string of the molecule is Cc1c(NC(=O)[C@@H](C)OC(=O)c2cccc(N(C)C)c2)c(=O)n(-c2ccccc2)n1C. The fourth-order valence-electron chi connectivity index (χ4n) is 3.13. The maximum Gasteiger partial charge on any atom is 0.338 e. The van der Waals surface area contributed by atoms with Crippen LogP contribution in [0.2, 0.25) is 0 Å². The second kappa shape index (κ2) is 8.91. The van der Waals surface area contributed by atoms with Gasteiger partial charge in [0.1, 0.15) is 5.69 Å². The Kier molecular flexibility index (Phi) is 6.29. The minimum Gasteiger partial charge on any atom is -0.449 e. The first-order valence-corrected chi connectivity index (χ1v) is 9.84. The number of amides is 1. The van der Waals surface area contributed by atoms with E-state index in [-0.39, 0.29) is 11.2 Å². The Bertz CT molecular complexity index is 1160. The highest BCUT2D eigenvalue weighted by Crippen LogP contribution is 2.17. The van der Waals surface area contributed by atoms with Crippen molar-refractivity contribution in [3.8, 4) is 5.69 Å². The van der Waals surface area contributed by atoms with E-state index in [0.29, 0.717) is 16.9 Å². The highest BCUT2D eigenvalue weighted by atomic mass is 16.5. The van der Waals surface area contributed by atoms with Gasteiger partial charge in [-0.3, -0.25) is 14.3 Å². The Hall–Kier alpha value is -3.81. The highest BCUT2D eigenvalue weighted by molar-refractivity contribution is 5.97. The van der Waals surface area contributed by atoms with Gasteiger partial charge in [-0.15, -0.1) is 0 Å². The van der Waals surface area contributed by atoms with Gasteiger partial charge in [0.2, 0.25) is 0 Å². The van der Waals surface area contributed by atoms with E-state index in [2.05, 4.69) is 5.32 Å². The van der Waals surface area contributed by atoms with Gasteiger partial charge in [0, 0.05) is 26.8 Å². The van der Waals surface area contributed by atoms with Crippen LogP contribution >= 0.6 is 0 Å². The smallest absolute Gasteiger partial charge is 0.338 e. The van der Waals surface area contributed by atoms with Crippen LogP contribution in [0.5, 0.6) is 0 Å². The summed E-state index contributed by atoms with van der Waals surface area (Å²) in [6.07, 6.45) is -1.08. The number of hydrogen-bond acceptors (Lipinski definition) is 5. The molecule has 0 fully saturated rings. The third-order valence-electron chi connectivity index (χ3n) is 5.05. The molecule has 0 saturated carbocycles. The lowest BCUT2D eigenvalue weighted by Gasteiger charge is -2.15. The molecule has 3 aromatic rings. The molecule has 1 N–H and O–H groups in total. The van der Waals surface area contributed by atoms with Gasteiger partial charge in [-0.05, 0) is 44.2 Å². The fourth-order valence-corrected chi connectivity index (χ4v) is 3.13. The Morgan fingerprint density at radius 1 is 1.06 bits per heavy atom. The minimum atomic E-state index is -1.08. The summed E-state index contributed by atoms with van der Waals surface area (Å²) in [6.45, 7) is 3.21. The van der Waals surface area contributed by atoms with Crippen LogP contribution in [0, 0.1) is 6.92 Å². The van der Waals surface area contributed by atoms with E-state index in [9.17, 15) is 14.4 Å². The molecule has 2 aromatic carbocycles. The van der Waals surface area contributed by atoms with Crippen molar-refractivity contribution in [3.63, 3.8) is 0 Å². The van der Waals surface area contributed by atoms with E-state index in [1.165, 1.54) is 11.6 Å². The van der Waals surface area contributed by atoms with Crippen molar-refractivity contribution >= 4 is 23.3 Å². The van der Waals surface area contributed by atoms with Gasteiger partial charge in [-0.2, -0.15) is 0 Å². The van der Waals surface area contributed by atoms with E-state index in [1.807, 2.05) is 43.3 Å². The van der Waals surface area contributed by atoms with Crippen molar-refractivity contribution in [1.82, 2.24) is 9.36 Å². The molecular weight excluding hydrogens is 396 g/mol. The summed E-state index contributed by atoms with van der Waals surface area (Å²) >= 11 is 0. The van der Waals surface area contributed by atoms with Crippen molar-refractivity contribution in [2.45, 2.75) is 20.0 Å². The first-order valence-electron chi connectivity index (χ1n) is 9.84. The normalized spacial score (nSPS) is 11.6. The molecular formula is C23H26N4O4. The predicted molar refractivity (Wildman–Crippen MR) is 120 cm³/mol. The topological polar surface area (TPSA) is 85.6 Å². The number of carbonyl (C=O) groups excluding carboxylic acids is 2. The average Bonchev–Trinajstić information content (AvgIpc) is 2.97. The molecule has 1 heterocycles. The monoisotopic (exact) mass is 422 g/mol. The predicted octanol–water partition coefficient (Wildman–Crippen LogP) is 2.73. The van der Waals surface area contributed by atoms with Crippen molar-refractivity contribution in [3.05, 3.63) is 76.2 Å². The minimum absolute atomic E-state index is 0.147. The number of para-hydroxylation sites is 1. The molecule has 31 heavy (non-hydrogen) atoms. The summed E-state index contributed by atoms with van der Waals surface area (Å²) < 4.78 is 8.45. The highest BCUT2D eigenvalue weighted by Gasteiger charge is 2.23. The molecule has 0 aliphatic carbocycles. The molecule has 8 heteroatoms. The van der Waals surface area contributed by atoms with Gasteiger partial charge in [-0.25, -0.2) is 9.48 Å². The van der Waals surface area contributed by atoms with Gasteiger partial charge >= 0.3 is 5.97 Å². The number of aromatic nitrogens is 2. The number of benzene rings is 2. The molecule has 0 spiro atoms. The molecule has 162 valence electrons. The molecule has 1 aromatic heterocycles. The Balaban J connectivity index is 1.77. The number of rotatable bonds is 6. The second-order valence-electron chi connectivity index (χ2n) is 7.42. The zero-order chi connectivity index (χ0) is 22.7. The number of carbonyl (C=O) groups is 2. The quantitative estimate of drug-likeness (QED) is 0.618. The van der Waals surface area contributed by atoms with Gasteiger partial charge < -0.3 is 15.0 Å². The van der Waals surface area contributed by atoms with E-state index in [1.54, 1.807) is 49.0 Å². The van der Waals surface area contributed by atoms with Crippen molar-refractivity contribution in [1.29, 1.82) is 0 Å². The first kappa shape index (κ1) is 21.9. The molecule has 0 saturated heterocycles. The number of ether oxygens (including phenoxy) is 1. The summed E-state index contributed by atoms with van der Waals surface area (Å²) in [6, 6.07) is 16.0. The summed E-state index contributed by atoms with van der Waals surface area (Å²) in [7, 11) is 5.47. The summed E-state index contributed by atoms with van der Waals surface area (Å²) in [4.78, 5) is 39.9. The van der Waals surface area contributed by atoms with Crippen LogP contribution in [0.3, 0.4) is 0 Å². The molecule has 0 radical (unpaired) electrons. The first-order chi connectivity index (χ1) is 14.7. The van der Waals surface area contributed by atoms with E-state index in [0.717, 1.165) is 5.69 Å². The molecule has 1 amide bonds. The van der Waals surface area contributed by atoms with Crippen LogP contribution in [0.4, 0.5) is 11.4 Å². The molecule has 1 atom stereocenters. The Morgan fingerprint density at radius 3 is 2.39 bits per heavy atom. The van der Waals surface area contributed by atoms with E-state index in [4.69, 9.17) is 4.74 Å². The molecule has 0 aliphatic heterocycles. The standard InChI is InChI=1S/C23H26N4O4/c1-15-20(22(29)27(26(15)5)18-11-7-6-8-12-18)24-21(28)16(2)31-23(30)17-10-9-13-19(14-17)25(3)4/h6-14,16H,1-5H3,(H,24,28)/t16-/m1/s1. The lowest BCUT2D eigenvalue weighted by Crippen LogP contribution is -2.32. The maximum atomic E-state index is 12.9. The van der Waals surface area contributed by atoms with Gasteiger partial charge in [0.05, 0.1) is 16.9 Å². The third kappa shape index (κ3) is 4.53.